The molecule has 1 aromatic heterocycles. The summed E-state index contributed by atoms with van der Waals surface area (Å²) in [7, 11) is -1.02. The minimum atomic E-state index is -2.54. The predicted octanol–water partition coefficient (Wildman–Crippen LogP) is 4.91. The average Bonchev–Trinajstić information content (AvgIpc) is 2.87. The van der Waals surface area contributed by atoms with Crippen LogP contribution in [-0.2, 0) is 4.57 Å². The van der Waals surface area contributed by atoms with Crippen LogP contribution < -0.4 is 26.0 Å². The summed E-state index contributed by atoms with van der Waals surface area (Å²) in [5.74, 6) is 0.871. The SMILES string of the molecule is COc1cc(C(=O)NC2CCC(O)CC2)ccc1Nc1ncc(Cl)c(Nc2ccccc2P(C)(C)=O)n1. The molecule has 0 atom stereocenters. The number of amides is 1. The number of nitrogens with zero attached hydrogens (tertiary/aromatic N) is 2. The van der Waals surface area contributed by atoms with Gasteiger partial charge in [0.1, 0.15) is 17.9 Å². The van der Waals surface area contributed by atoms with E-state index < -0.39 is 7.14 Å². The summed E-state index contributed by atoms with van der Waals surface area (Å²) in [4.78, 5) is 21.5. The average molecular weight is 544 g/mol. The van der Waals surface area contributed by atoms with Crippen molar-refractivity contribution in [2.45, 2.75) is 37.8 Å². The van der Waals surface area contributed by atoms with Gasteiger partial charge in [0, 0.05) is 16.9 Å². The van der Waals surface area contributed by atoms with Gasteiger partial charge in [-0.15, -0.1) is 0 Å². The van der Waals surface area contributed by atoms with Crippen LogP contribution in [0.25, 0.3) is 0 Å². The normalized spacial score (nSPS) is 17.6. The van der Waals surface area contributed by atoms with Gasteiger partial charge >= 0.3 is 0 Å². The Balaban J connectivity index is 1.51. The summed E-state index contributed by atoms with van der Waals surface area (Å²) in [6, 6.07) is 12.4. The first-order valence-corrected chi connectivity index (χ1v) is 15.0. The number of anilines is 4. The summed E-state index contributed by atoms with van der Waals surface area (Å²) in [6.45, 7) is 3.41. The molecule has 1 heterocycles. The summed E-state index contributed by atoms with van der Waals surface area (Å²) in [5.41, 5.74) is 1.69. The molecule has 9 nitrogen and oxygen atoms in total. The standard InChI is InChI=1S/C26H31ClN5O4P/c1-36-22-14-16(25(34)29-17-9-11-18(33)12-10-17)8-13-20(22)31-26-28-15-19(27)24(32-26)30-21-6-4-5-7-23(21)37(2,3)35/h4-8,13-15,17-18,33H,9-12H2,1-3H3,(H,29,34)(H2,28,30,31,32). The number of methoxy groups -OCH3 is 1. The lowest BCUT2D eigenvalue weighted by atomic mass is 9.93. The van der Waals surface area contributed by atoms with E-state index in [2.05, 4.69) is 25.9 Å². The van der Waals surface area contributed by atoms with Crippen LogP contribution in [-0.4, -0.2) is 53.6 Å². The van der Waals surface area contributed by atoms with Gasteiger partial charge in [0.05, 0.1) is 30.8 Å². The van der Waals surface area contributed by atoms with Gasteiger partial charge < -0.3 is 30.4 Å². The third kappa shape index (κ3) is 6.80. The number of benzene rings is 2. The fourth-order valence-electron chi connectivity index (χ4n) is 4.24. The molecule has 3 aromatic rings. The summed E-state index contributed by atoms with van der Waals surface area (Å²) < 4.78 is 18.2. The van der Waals surface area contributed by atoms with Gasteiger partial charge in [0.25, 0.3) is 5.91 Å². The molecule has 1 saturated carbocycles. The molecule has 0 bridgehead atoms. The van der Waals surface area contributed by atoms with Crippen molar-refractivity contribution in [1.29, 1.82) is 0 Å². The topological polar surface area (TPSA) is 125 Å². The van der Waals surface area contributed by atoms with Gasteiger partial charge in [-0.25, -0.2) is 4.98 Å². The summed E-state index contributed by atoms with van der Waals surface area (Å²) >= 11 is 6.35. The number of para-hydroxylation sites is 1. The largest absolute Gasteiger partial charge is 0.495 e. The molecule has 196 valence electrons. The lowest BCUT2D eigenvalue weighted by Crippen LogP contribution is -2.38. The number of halogens is 1. The Morgan fingerprint density at radius 1 is 1.08 bits per heavy atom. The van der Waals surface area contributed by atoms with Crippen LogP contribution in [0.4, 0.5) is 23.1 Å². The highest BCUT2D eigenvalue weighted by Crippen LogP contribution is 2.38. The fourth-order valence-corrected chi connectivity index (χ4v) is 5.53. The number of carbonyl (C=O) groups excluding carboxylic acids is 1. The quantitative estimate of drug-likeness (QED) is 0.295. The van der Waals surface area contributed by atoms with E-state index in [1.165, 1.54) is 13.3 Å². The van der Waals surface area contributed by atoms with Crippen molar-refractivity contribution < 1.29 is 19.2 Å². The van der Waals surface area contributed by atoms with Crippen molar-refractivity contribution in [1.82, 2.24) is 15.3 Å². The molecule has 2 aromatic carbocycles. The molecule has 0 radical (unpaired) electrons. The predicted molar refractivity (Wildman–Crippen MR) is 148 cm³/mol. The first-order chi connectivity index (χ1) is 17.6. The highest BCUT2D eigenvalue weighted by molar-refractivity contribution is 7.70. The zero-order valence-electron chi connectivity index (χ0n) is 21.0. The zero-order valence-corrected chi connectivity index (χ0v) is 22.6. The molecule has 1 aliphatic rings. The lowest BCUT2D eigenvalue weighted by Gasteiger charge is -2.26. The Hall–Kier alpha value is -3.13. The van der Waals surface area contributed by atoms with E-state index in [9.17, 15) is 14.5 Å². The number of hydrogen-bond donors (Lipinski definition) is 4. The van der Waals surface area contributed by atoms with Gasteiger partial charge in [-0.3, -0.25) is 4.79 Å². The van der Waals surface area contributed by atoms with E-state index in [1.54, 1.807) is 31.5 Å². The van der Waals surface area contributed by atoms with Crippen molar-refractivity contribution in [3.05, 3.63) is 59.2 Å². The highest BCUT2D eigenvalue weighted by atomic mass is 35.5. The maximum absolute atomic E-state index is 12.8. The number of ether oxygens (including phenoxy) is 1. The minimum absolute atomic E-state index is 0.0486. The zero-order chi connectivity index (χ0) is 26.6. The van der Waals surface area contributed by atoms with Crippen LogP contribution in [0, 0.1) is 0 Å². The van der Waals surface area contributed by atoms with Crippen molar-refractivity contribution >= 4 is 53.1 Å². The first kappa shape index (κ1) is 26.9. The molecule has 4 N–H and O–H groups in total. The van der Waals surface area contributed by atoms with E-state index in [0.717, 1.165) is 12.8 Å². The Morgan fingerprint density at radius 3 is 2.51 bits per heavy atom. The third-order valence-electron chi connectivity index (χ3n) is 6.22. The third-order valence-corrected chi connectivity index (χ3v) is 8.05. The van der Waals surface area contributed by atoms with Gasteiger partial charge in [-0.2, -0.15) is 4.98 Å². The Kier molecular flexibility index (Phi) is 8.37. The molecular formula is C26H31ClN5O4P. The van der Waals surface area contributed by atoms with Crippen LogP contribution in [0.3, 0.4) is 0 Å². The van der Waals surface area contributed by atoms with E-state index in [-0.39, 0.29) is 24.0 Å². The Bertz CT molecular complexity index is 1320. The molecule has 0 aliphatic heterocycles. The number of aliphatic hydroxyl groups is 1. The first-order valence-electron chi connectivity index (χ1n) is 12.0. The maximum Gasteiger partial charge on any atom is 0.251 e. The molecular weight excluding hydrogens is 513 g/mol. The molecule has 1 amide bonds. The molecule has 0 unspecified atom stereocenters. The van der Waals surface area contributed by atoms with Crippen LogP contribution in [0.2, 0.25) is 5.02 Å². The van der Waals surface area contributed by atoms with Gasteiger partial charge in [0.15, 0.2) is 5.82 Å². The van der Waals surface area contributed by atoms with Gasteiger partial charge in [0.2, 0.25) is 5.95 Å². The number of nitrogens with one attached hydrogen (secondary N) is 3. The second-order valence-corrected chi connectivity index (χ2v) is 13.0. The highest BCUT2D eigenvalue weighted by Gasteiger charge is 2.22. The van der Waals surface area contributed by atoms with E-state index >= 15 is 0 Å². The molecule has 37 heavy (non-hydrogen) atoms. The second-order valence-electron chi connectivity index (χ2n) is 9.40. The molecule has 1 fully saturated rings. The number of carbonyl (C=O) groups is 1. The lowest BCUT2D eigenvalue weighted by molar-refractivity contribution is 0.0867. The second kappa shape index (κ2) is 11.5. The van der Waals surface area contributed by atoms with E-state index in [1.807, 2.05) is 24.3 Å². The van der Waals surface area contributed by atoms with Crippen LogP contribution in [0.15, 0.2) is 48.7 Å². The van der Waals surface area contributed by atoms with E-state index in [0.29, 0.717) is 51.7 Å². The fraction of sp³-hybridized carbons (Fsp3) is 0.346. The van der Waals surface area contributed by atoms with Crippen molar-refractivity contribution in [3.8, 4) is 5.75 Å². The number of aliphatic hydroxyl groups excluding tert-OH is 1. The summed E-state index contributed by atoms with van der Waals surface area (Å²) in [6.07, 6.45) is 4.08. The van der Waals surface area contributed by atoms with Crippen LogP contribution >= 0.6 is 18.7 Å². The molecule has 0 saturated heterocycles. The monoisotopic (exact) mass is 543 g/mol. The number of rotatable bonds is 8. The molecule has 11 heteroatoms. The number of hydrogen-bond acceptors (Lipinski definition) is 8. The minimum Gasteiger partial charge on any atom is -0.495 e. The number of aromatic nitrogens is 2. The van der Waals surface area contributed by atoms with Gasteiger partial charge in [-0.1, -0.05) is 23.7 Å². The molecule has 1 aliphatic carbocycles. The molecule has 4 rings (SSSR count). The van der Waals surface area contributed by atoms with Gasteiger partial charge in [-0.05, 0) is 69.3 Å². The smallest absolute Gasteiger partial charge is 0.251 e. The van der Waals surface area contributed by atoms with Crippen molar-refractivity contribution in [2.75, 3.05) is 31.1 Å². The van der Waals surface area contributed by atoms with Crippen LogP contribution in [0.5, 0.6) is 5.75 Å². The van der Waals surface area contributed by atoms with Crippen LogP contribution in [0.1, 0.15) is 36.0 Å². The van der Waals surface area contributed by atoms with Crippen molar-refractivity contribution in [3.63, 3.8) is 0 Å². The maximum atomic E-state index is 12.8. The summed E-state index contributed by atoms with van der Waals surface area (Å²) in [5, 5.41) is 20.0. The molecule has 0 spiro atoms. The Labute approximate surface area is 221 Å². The van der Waals surface area contributed by atoms with Crippen molar-refractivity contribution in [2.24, 2.45) is 0 Å². The van der Waals surface area contributed by atoms with E-state index in [4.69, 9.17) is 16.3 Å². The Morgan fingerprint density at radius 2 is 1.81 bits per heavy atom.